The molecule has 0 aromatic heterocycles. The smallest absolute Gasteiger partial charge is 0.182 e. The molecule has 0 radical (unpaired) electrons. The van der Waals surface area contributed by atoms with Gasteiger partial charge in [0.25, 0.3) is 0 Å². The van der Waals surface area contributed by atoms with Gasteiger partial charge in [0.15, 0.2) is 9.84 Å². The lowest BCUT2D eigenvalue weighted by molar-refractivity contribution is 0.282. The average molecular weight is 255 g/mol. The van der Waals surface area contributed by atoms with Crippen molar-refractivity contribution in [3.63, 3.8) is 0 Å². The highest BCUT2D eigenvalue weighted by molar-refractivity contribution is 7.91. The lowest BCUT2D eigenvalue weighted by Crippen LogP contribution is -2.35. The number of rotatable bonds is 3. The van der Waals surface area contributed by atoms with Gasteiger partial charge < -0.3 is 10.4 Å². The lowest BCUT2D eigenvalue weighted by Gasteiger charge is -2.26. The monoisotopic (exact) mass is 255 g/mol. The Morgan fingerprint density at radius 1 is 1.47 bits per heavy atom. The van der Waals surface area contributed by atoms with Crippen molar-refractivity contribution in [2.24, 2.45) is 0 Å². The number of aliphatic hydroxyl groups is 1. The number of hydrogen-bond acceptors (Lipinski definition) is 4. The number of hydrogen-bond donors (Lipinski definition) is 2. The fourth-order valence-electron chi connectivity index (χ4n) is 2.09. The molecule has 0 fully saturated rings. The van der Waals surface area contributed by atoms with Crippen LogP contribution >= 0.6 is 0 Å². The average Bonchev–Trinajstić information content (AvgIpc) is 2.28. The van der Waals surface area contributed by atoms with E-state index < -0.39 is 9.84 Å². The highest BCUT2D eigenvalue weighted by atomic mass is 32.2. The van der Waals surface area contributed by atoms with Crippen LogP contribution in [0.15, 0.2) is 23.1 Å². The van der Waals surface area contributed by atoms with E-state index in [0.29, 0.717) is 17.0 Å². The van der Waals surface area contributed by atoms with Gasteiger partial charge in [-0.1, -0.05) is 13.0 Å². The van der Waals surface area contributed by atoms with E-state index in [1.807, 2.05) is 19.1 Å². The van der Waals surface area contributed by atoms with Crippen LogP contribution in [-0.4, -0.2) is 31.9 Å². The summed E-state index contributed by atoms with van der Waals surface area (Å²) < 4.78 is 24.2. The third-order valence-electron chi connectivity index (χ3n) is 3.05. The molecule has 1 aromatic carbocycles. The predicted octanol–water partition coefficient (Wildman–Crippen LogP) is 1.20. The van der Waals surface area contributed by atoms with Crippen LogP contribution in [0.5, 0.6) is 0 Å². The molecule has 4 nitrogen and oxygen atoms in total. The fourth-order valence-corrected chi connectivity index (χ4v) is 3.84. The van der Waals surface area contributed by atoms with Crippen molar-refractivity contribution in [3.8, 4) is 0 Å². The van der Waals surface area contributed by atoms with Crippen molar-refractivity contribution in [2.45, 2.75) is 30.7 Å². The van der Waals surface area contributed by atoms with E-state index in [1.165, 1.54) is 0 Å². The maximum atomic E-state index is 12.1. The van der Waals surface area contributed by atoms with Crippen LogP contribution in [0.25, 0.3) is 0 Å². The van der Waals surface area contributed by atoms with Crippen LogP contribution in [0.3, 0.4) is 0 Å². The van der Waals surface area contributed by atoms with Gasteiger partial charge in [0.1, 0.15) is 0 Å². The van der Waals surface area contributed by atoms with E-state index in [2.05, 4.69) is 5.32 Å². The van der Waals surface area contributed by atoms with E-state index in [9.17, 15) is 8.42 Å². The molecule has 0 spiro atoms. The van der Waals surface area contributed by atoms with Gasteiger partial charge in [-0.25, -0.2) is 8.42 Å². The van der Waals surface area contributed by atoms with Gasteiger partial charge in [-0.2, -0.15) is 0 Å². The molecule has 1 heterocycles. The van der Waals surface area contributed by atoms with Crippen LogP contribution in [0.4, 0.5) is 5.69 Å². The van der Waals surface area contributed by atoms with Gasteiger partial charge in [0, 0.05) is 12.6 Å². The molecule has 0 amide bonds. The third kappa shape index (κ3) is 2.45. The Kier molecular flexibility index (Phi) is 3.40. The summed E-state index contributed by atoms with van der Waals surface area (Å²) >= 11 is 0. The first kappa shape index (κ1) is 12.4. The van der Waals surface area contributed by atoms with Crippen LogP contribution in [0.1, 0.15) is 18.9 Å². The van der Waals surface area contributed by atoms with E-state index in [-0.39, 0.29) is 18.4 Å². The molecule has 5 heteroatoms. The van der Waals surface area contributed by atoms with Gasteiger partial charge in [0.05, 0.1) is 16.3 Å². The molecule has 17 heavy (non-hydrogen) atoms. The van der Waals surface area contributed by atoms with Gasteiger partial charge in [0.2, 0.25) is 0 Å². The Morgan fingerprint density at radius 3 is 2.88 bits per heavy atom. The van der Waals surface area contributed by atoms with Crippen molar-refractivity contribution >= 4 is 15.5 Å². The second kappa shape index (κ2) is 4.66. The molecule has 1 atom stereocenters. The summed E-state index contributed by atoms with van der Waals surface area (Å²) in [7, 11) is -3.22. The number of benzene rings is 1. The van der Waals surface area contributed by atoms with Crippen LogP contribution in [0, 0.1) is 0 Å². The first-order valence-corrected chi connectivity index (χ1v) is 7.45. The van der Waals surface area contributed by atoms with Crippen LogP contribution < -0.4 is 5.32 Å². The highest BCUT2D eigenvalue weighted by Crippen LogP contribution is 2.30. The maximum Gasteiger partial charge on any atom is 0.182 e. The third-order valence-corrected chi connectivity index (χ3v) is 4.90. The van der Waals surface area contributed by atoms with E-state index >= 15 is 0 Å². The normalized spacial score (nSPS) is 21.6. The number of fused-ring (bicyclic) bond motifs is 1. The van der Waals surface area contributed by atoms with Crippen LogP contribution in [0.2, 0.25) is 0 Å². The molecular weight excluding hydrogens is 238 g/mol. The van der Waals surface area contributed by atoms with Gasteiger partial charge in [-0.05, 0) is 30.5 Å². The lowest BCUT2D eigenvalue weighted by atomic mass is 10.1. The summed E-state index contributed by atoms with van der Waals surface area (Å²) in [5.41, 5.74) is 1.68. The van der Waals surface area contributed by atoms with Crippen LogP contribution in [-0.2, 0) is 16.3 Å². The topological polar surface area (TPSA) is 66.4 Å². The zero-order chi connectivity index (χ0) is 12.5. The SMILES string of the molecule is CCc1ccc2c(c1)S(=O)(=O)CC(CCO)N2. The summed E-state index contributed by atoms with van der Waals surface area (Å²) in [6, 6.07) is 5.30. The molecule has 0 saturated heterocycles. The second-order valence-electron chi connectivity index (χ2n) is 4.32. The largest absolute Gasteiger partial charge is 0.396 e. The molecule has 1 aliphatic heterocycles. The van der Waals surface area contributed by atoms with Crippen molar-refractivity contribution < 1.29 is 13.5 Å². The Labute approximate surface area is 102 Å². The van der Waals surface area contributed by atoms with E-state index in [0.717, 1.165) is 12.0 Å². The summed E-state index contributed by atoms with van der Waals surface area (Å²) in [6.07, 6.45) is 1.27. The number of aryl methyl sites for hydroxylation is 1. The van der Waals surface area contributed by atoms with Crippen molar-refractivity contribution in [1.29, 1.82) is 0 Å². The van der Waals surface area contributed by atoms with Crippen molar-refractivity contribution in [2.75, 3.05) is 17.7 Å². The molecule has 0 bridgehead atoms. The minimum atomic E-state index is -3.22. The molecule has 2 N–H and O–H groups in total. The Hall–Kier alpha value is -1.07. The number of anilines is 1. The number of nitrogens with one attached hydrogen (secondary N) is 1. The first-order chi connectivity index (χ1) is 8.06. The summed E-state index contributed by atoms with van der Waals surface area (Å²) in [5, 5.41) is 12.0. The standard InChI is InChI=1S/C12H17NO3S/c1-2-9-3-4-11-12(7-9)17(15,16)8-10(13-11)5-6-14/h3-4,7,10,13-14H,2,5-6,8H2,1H3. The molecule has 1 unspecified atom stereocenters. The Balaban J connectivity index is 2.42. The van der Waals surface area contributed by atoms with Gasteiger partial charge >= 0.3 is 0 Å². The maximum absolute atomic E-state index is 12.1. The first-order valence-electron chi connectivity index (χ1n) is 5.80. The Bertz CT molecular complexity index is 510. The van der Waals surface area contributed by atoms with Crippen molar-refractivity contribution in [3.05, 3.63) is 23.8 Å². The molecule has 2 rings (SSSR count). The minimum absolute atomic E-state index is 0.00440. The molecule has 94 valence electrons. The molecular formula is C12H17NO3S. The van der Waals surface area contributed by atoms with E-state index in [4.69, 9.17) is 5.11 Å². The zero-order valence-electron chi connectivity index (χ0n) is 9.81. The molecule has 0 saturated carbocycles. The zero-order valence-corrected chi connectivity index (χ0v) is 10.6. The molecule has 1 aromatic rings. The van der Waals surface area contributed by atoms with E-state index in [1.54, 1.807) is 6.07 Å². The fraction of sp³-hybridized carbons (Fsp3) is 0.500. The quantitative estimate of drug-likeness (QED) is 0.851. The second-order valence-corrected chi connectivity index (χ2v) is 6.32. The molecule has 0 aliphatic carbocycles. The van der Waals surface area contributed by atoms with Gasteiger partial charge in [-0.15, -0.1) is 0 Å². The van der Waals surface area contributed by atoms with Crippen molar-refractivity contribution in [1.82, 2.24) is 0 Å². The number of sulfone groups is 1. The Morgan fingerprint density at radius 2 is 2.24 bits per heavy atom. The minimum Gasteiger partial charge on any atom is -0.396 e. The summed E-state index contributed by atoms with van der Waals surface area (Å²) in [4.78, 5) is 0.394. The number of aliphatic hydroxyl groups excluding tert-OH is 1. The predicted molar refractivity (Wildman–Crippen MR) is 67.0 cm³/mol. The highest BCUT2D eigenvalue weighted by Gasteiger charge is 2.29. The molecule has 1 aliphatic rings. The summed E-state index contributed by atoms with van der Waals surface area (Å²) in [6.45, 7) is 1.99. The summed E-state index contributed by atoms with van der Waals surface area (Å²) in [5.74, 6) is 0.0632. The van der Waals surface area contributed by atoms with Gasteiger partial charge in [-0.3, -0.25) is 0 Å².